The molecule has 22 heavy (non-hydrogen) atoms. The van der Waals surface area contributed by atoms with E-state index in [1.165, 1.54) is 16.9 Å². The summed E-state index contributed by atoms with van der Waals surface area (Å²) in [6, 6.07) is 14.2. The number of rotatable bonds is 5. The van der Waals surface area contributed by atoms with E-state index in [1.807, 2.05) is 23.6 Å². The number of hydrogen-bond acceptors (Lipinski definition) is 5. The van der Waals surface area contributed by atoms with E-state index in [9.17, 15) is 0 Å². The summed E-state index contributed by atoms with van der Waals surface area (Å²) in [5.74, 6) is 0. The van der Waals surface area contributed by atoms with Crippen LogP contribution in [0.3, 0.4) is 0 Å². The van der Waals surface area contributed by atoms with E-state index in [0.29, 0.717) is 0 Å². The van der Waals surface area contributed by atoms with Gasteiger partial charge in [0.1, 0.15) is 0 Å². The number of benzene rings is 1. The topological polar surface area (TPSA) is 50.2 Å². The van der Waals surface area contributed by atoms with Crippen molar-refractivity contribution >= 4 is 22.7 Å². The van der Waals surface area contributed by atoms with Gasteiger partial charge < -0.3 is 0 Å². The molecule has 3 aromatic rings. The monoisotopic (exact) mass is 308 g/mol. The fraction of sp³-hybridized carbons (Fsp3) is 0.118. The van der Waals surface area contributed by atoms with E-state index in [4.69, 9.17) is 0 Å². The third-order valence-corrected chi connectivity index (χ3v) is 3.95. The summed E-state index contributed by atoms with van der Waals surface area (Å²) in [7, 11) is 0. The lowest BCUT2D eigenvalue weighted by Gasteiger charge is -1.99. The third kappa shape index (κ3) is 3.56. The maximum Gasteiger partial charge on any atom is 0.203 e. The first-order valence-electron chi connectivity index (χ1n) is 7.10. The molecule has 1 aromatic carbocycles. The fourth-order valence-electron chi connectivity index (χ4n) is 1.97. The Kier molecular flexibility index (Phi) is 4.56. The molecule has 0 fully saturated rings. The highest BCUT2D eigenvalue weighted by atomic mass is 32.1. The van der Waals surface area contributed by atoms with Crippen LogP contribution in [0.2, 0.25) is 0 Å². The van der Waals surface area contributed by atoms with Gasteiger partial charge in [-0.15, -0.1) is 11.3 Å². The average Bonchev–Trinajstić information content (AvgIpc) is 3.05. The van der Waals surface area contributed by atoms with Crippen molar-refractivity contribution in [3.8, 4) is 11.3 Å². The molecule has 0 saturated heterocycles. The molecule has 0 unspecified atom stereocenters. The van der Waals surface area contributed by atoms with Gasteiger partial charge in [0.05, 0.1) is 17.6 Å². The number of hydrogen-bond donors (Lipinski definition) is 1. The first-order chi connectivity index (χ1) is 10.8. The highest BCUT2D eigenvalue weighted by molar-refractivity contribution is 7.14. The van der Waals surface area contributed by atoms with Crippen LogP contribution < -0.4 is 5.43 Å². The van der Waals surface area contributed by atoms with E-state index in [-0.39, 0.29) is 0 Å². The van der Waals surface area contributed by atoms with Crippen LogP contribution in [0.4, 0.5) is 5.13 Å². The first-order valence-corrected chi connectivity index (χ1v) is 7.98. The van der Waals surface area contributed by atoms with Gasteiger partial charge in [-0.2, -0.15) is 5.10 Å². The molecule has 0 aliphatic carbocycles. The van der Waals surface area contributed by atoms with Gasteiger partial charge >= 0.3 is 0 Å². The zero-order chi connectivity index (χ0) is 15.2. The van der Waals surface area contributed by atoms with Crippen LogP contribution in [0, 0.1) is 0 Å². The number of anilines is 1. The minimum atomic E-state index is 0.766. The second-order valence-electron chi connectivity index (χ2n) is 4.71. The highest BCUT2D eigenvalue weighted by Crippen LogP contribution is 2.25. The molecule has 0 bridgehead atoms. The van der Waals surface area contributed by atoms with Gasteiger partial charge in [-0.3, -0.25) is 10.4 Å². The predicted molar refractivity (Wildman–Crippen MR) is 92.4 cm³/mol. The smallest absolute Gasteiger partial charge is 0.203 e. The van der Waals surface area contributed by atoms with E-state index < -0.39 is 0 Å². The molecule has 0 amide bonds. The zero-order valence-corrected chi connectivity index (χ0v) is 13.0. The van der Waals surface area contributed by atoms with E-state index in [1.54, 1.807) is 12.4 Å². The van der Waals surface area contributed by atoms with Gasteiger partial charge in [0, 0.05) is 17.1 Å². The minimum absolute atomic E-state index is 0.766. The summed E-state index contributed by atoms with van der Waals surface area (Å²) in [6.07, 6.45) is 4.46. The Labute approximate surface area is 133 Å². The van der Waals surface area contributed by atoms with Crippen LogP contribution in [-0.2, 0) is 6.42 Å². The summed E-state index contributed by atoms with van der Waals surface area (Å²) in [6.45, 7) is 2.15. The predicted octanol–water partition coefficient (Wildman–Crippen LogP) is 4.21. The van der Waals surface area contributed by atoms with Crippen molar-refractivity contribution in [1.29, 1.82) is 0 Å². The maximum atomic E-state index is 4.54. The van der Waals surface area contributed by atoms with Gasteiger partial charge in [0.15, 0.2) is 0 Å². The summed E-state index contributed by atoms with van der Waals surface area (Å²) < 4.78 is 0. The molecule has 2 aromatic heterocycles. The van der Waals surface area contributed by atoms with E-state index in [2.05, 4.69) is 51.7 Å². The largest absolute Gasteiger partial charge is 0.255 e. The first kappa shape index (κ1) is 14.4. The van der Waals surface area contributed by atoms with Crippen molar-refractivity contribution in [2.24, 2.45) is 5.10 Å². The van der Waals surface area contributed by atoms with Crippen molar-refractivity contribution < 1.29 is 0 Å². The summed E-state index contributed by atoms with van der Waals surface area (Å²) in [5, 5.41) is 6.95. The lowest BCUT2D eigenvalue weighted by molar-refractivity contribution is 1.14. The molecule has 0 radical (unpaired) electrons. The molecule has 2 heterocycles. The van der Waals surface area contributed by atoms with Crippen molar-refractivity contribution in [2.75, 3.05) is 5.43 Å². The van der Waals surface area contributed by atoms with Crippen LogP contribution in [-0.4, -0.2) is 16.2 Å². The summed E-state index contributed by atoms with van der Waals surface area (Å²) in [4.78, 5) is 8.71. The van der Waals surface area contributed by atoms with Crippen molar-refractivity contribution in [3.05, 3.63) is 65.3 Å². The lowest BCUT2D eigenvalue weighted by atomic mass is 10.1. The van der Waals surface area contributed by atoms with Gasteiger partial charge in [-0.25, -0.2) is 4.98 Å². The normalized spacial score (nSPS) is 11.0. The Balaban J connectivity index is 1.67. The van der Waals surface area contributed by atoms with Gasteiger partial charge in [-0.05, 0) is 24.1 Å². The van der Waals surface area contributed by atoms with Crippen molar-refractivity contribution in [3.63, 3.8) is 0 Å². The molecular formula is C17H16N4S. The number of nitrogens with one attached hydrogen (secondary N) is 1. The van der Waals surface area contributed by atoms with Gasteiger partial charge in [0.2, 0.25) is 5.13 Å². The maximum absolute atomic E-state index is 4.54. The van der Waals surface area contributed by atoms with E-state index in [0.717, 1.165) is 28.5 Å². The molecule has 110 valence electrons. The second kappa shape index (κ2) is 6.95. The lowest BCUT2D eigenvalue weighted by Crippen LogP contribution is -1.91. The van der Waals surface area contributed by atoms with Crippen molar-refractivity contribution in [1.82, 2.24) is 9.97 Å². The standard InChI is InChI=1S/C17H16N4S/c1-2-13-6-8-14(9-7-13)16-12-22-17(20-16)21-19-11-15-5-3-4-10-18-15/h3-12H,2H2,1H3,(H,20,21). The van der Waals surface area contributed by atoms with Crippen LogP contribution in [0.25, 0.3) is 11.3 Å². The average molecular weight is 308 g/mol. The molecule has 0 spiro atoms. The number of nitrogens with zero attached hydrogens (tertiary/aromatic N) is 3. The fourth-order valence-corrected chi connectivity index (χ4v) is 2.64. The number of pyridine rings is 1. The molecule has 0 atom stereocenters. The summed E-state index contributed by atoms with van der Waals surface area (Å²) >= 11 is 1.53. The number of hydrazone groups is 1. The molecule has 3 rings (SSSR count). The Morgan fingerprint density at radius 2 is 2.05 bits per heavy atom. The molecule has 0 aliphatic rings. The zero-order valence-electron chi connectivity index (χ0n) is 12.2. The van der Waals surface area contributed by atoms with E-state index >= 15 is 0 Å². The van der Waals surface area contributed by atoms with Crippen molar-refractivity contribution in [2.45, 2.75) is 13.3 Å². The van der Waals surface area contributed by atoms with Crippen LogP contribution in [0.5, 0.6) is 0 Å². The molecule has 0 aliphatic heterocycles. The number of aromatic nitrogens is 2. The van der Waals surface area contributed by atoms with Gasteiger partial charge in [-0.1, -0.05) is 37.3 Å². The molecule has 5 heteroatoms. The number of thiazole rings is 1. The SMILES string of the molecule is CCc1ccc(-c2csc(NN=Cc3ccccn3)n2)cc1. The van der Waals surface area contributed by atoms with Gasteiger partial charge in [0.25, 0.3) is 0 Å². The van der Waals surface area contributed by atoms with Crippen LogP contribution in [0.1, 0.15) is 18.2 Å². The Morgan fingerprint density at radius 1 is 1.18 bits per heavy atom. The molecular weight excluding hydrogens is 292 g/mol. The quantitative estimate of drug-likeness (QED) is 0.567. The highest BCUT2D eigenvalue weighted by Gasteiger charge is 2.03. The minimum Gasteiger partial charge on any atom is -0.255 e. The molecule has 1 N–H and O–H groups in total. The Bertz CT molecular complexity index is 748. The Morgan fingerprint density at radius 3 is 2.77 bits per heavy atom. The summed E-state index contributed by atoms with van der Waals surface area (Å²) in [5.41, 5.74) is 7.16. The molecule has 0 saturated carbocycles. The second-order valence-corrected chi connectivity index (χ2v) is 5.57. The third-order valence-electron chi connectivity index (χ3n) is 3.21. The Hall–Kier alpha value is -2.53. The van der Waals surface area contributed by atoms with Crippen LogP contribution in [0.15, 0.2) is 59.1 Å². The number of aryl methyl sites for hydroxylation is 1. The molecule has 4 nitrogen and oxygen atoms in total. The van der Waals surface area contributed by atoms with Crippen LogP contribution >= 0.6 is 11.3 Å².